The number of H-pyrrole nitrogens is 2. The van der Waals surface area contributed by atoms with Gasteiger partial charge in [0.05, 0.1) is 17.8 Å². The van der Waals surface area contributed by atoms with E-state index in [1.165, 1.54) is 0 Å². The van der Waals surface area contributed by atoms with Crippen molar-refractivity contribution in [2.45, 2.75) is 34.2 Å². The van der Waals surface area contributed by atoms with E-state index < -0.39 is 0 Å². The maximum absolute atomic E-state index is 11.7. The zero-order valence-corrected chi connectivity index (χ0v) is 18.9. The van der Waals surface area contributed by atoms with Gasteiger partial charge in [-0.3, -0.25) is 15.0 Å². The number of rotatable bonds is 8. The Labute approximate surface area is 187 Å². The highest BCUT2D eigenvalue weighted by Crippen LogP contribution is 2.32. The molecule has 1 amide bonds. The molecule has 0 atom stereocenters. The minimum Gasteiger partial charge on any atom is -0.314 e. The molecule has 166 valence electrons. The summed E-state index contributed by atoms with van der Waals surface area (Å²) >= 11 is 0. The monoisotopic (exact) mass is 431 g/mol. The number of carbonyl (C=O) groups excluding carboxylic acids is 1. The Morgan fingerprint density at radius 3 is 2.66 bits per heavy atom. The number of nitrogens with zero attached hydrogens (tertiary/aromatic N) is 4. The van der Waals surface area contributed by atoms with Crippen molar-refractivity contribution < 1.29 is 4.79 Å². The van der Waals surface area contributed by atoms with Crippen LogP contribution in [0.15, 0.2) is 42.5 Å². The number of anilines is 1. The fraction of sp³-hybridized carbons (Fsp3) is 0.333. The molecule has 0 saturated carbocycles. The van der Waals surface area contributed by atoms with Crippen molar-refractivity contribution in [2.24, 2.45) is 5.41 Å². The smallest absolute Gasteiger partial charge is 0.214 e. The first kappa shape index (κ1) is 21.7. The fourth-order valence-electron chi connectivity index (χ4n) is 3.65. The molecule has 0 fully saturated rings. The molecule has 2 heterocycles. The van der Waals surface area contributed by atoms with Crippen LogP contribution in [0.4, 0.5) is 5.69 Å². The maximum atomic E-state index is 11.7. The third-order valence-corrected chi connectivity index (χ3v) is 5.12. The minimum atomic E-state index is -0.00704. The quantitative estimate of drug-likeness (QED) is 0.364. The predicted molar refractivity (Wildman–Crippen MR) is 127 cm³/mol. The molecule has 8 heteroatoms. The molecule has 0 saturated heterocycles. The molecule has 2 aromatic carbocycles. The highest BCUT2D eigenvalue weighted by molar-refractivity contribution is 5.96. The van der Waals surface area contributed by atoms with Crippen LogP contribution in [0, 0.1) is 5.41 Å². The molecule has 4 rings (SSSR count). The highest BCUT2D eigenvalue weighted by Gasteiger charge is 2.18. The predicted octanol–water partition coefficient (Wildman–Crippen LogP) is 4.13. The molecule has 8 nitrogen and oxygen atoms in total. The molecule has 4 aromatic rings. The second-order valence-corrected chi connectivity index (χ2v) is 9.06. The first-order valence-corrected chi connectivity index (χ1v) is 10.8. The van der Waals surface area contributed by atoms with Crippen LogP contribution in [-0.2, 0) is 11.3 Å². The summed E-state index contributed by atoms with van der Waals surface area (Å²) in [5.74, 6) is 1.45. The van der Waals surface area contributed by atoms with E-state index in [1.54, 1.807) is 4.90 Å². The lowest BCUT2D eigenvalue weighted by Crippen LogP contribution is -2.31. The highest BCUT2D eigenvalue weighted by atomic mass is 16.1. The fourth-order valence-corrected chi connectivity index (χ4v) is 3.65. The van der Waals surface area contributed by atoms with Crippen LogP contribution in [-0.4, -0.2) is 44.9 Å². The van der Waals surface area contributed by atoms with Gasteiger partial charge in [-0.05, 0) is 42.3 Å². The topological polar surface area (TPSA) is 103 Å². The van der Waals surface area contributed by atoms with Gasteiger partial charge in [0.1, 0.15) is 5.82 Å². The van der Waals surface area contributed by atoms with Crippen molar-refractivity contribution in [1.29, 1.82) is 0 Å². The van der Waals surface area contributed by atoms with Gasteiger partial charge in [-0.2, -0.15) is 10.2 Å². The number of aromatic amines is 2. The van der Waals surface area contributed by atoms with Gasteiger partial charge in [-0.1, -0.05) is 39.8 Å². The summed E-state index contributed by atoms with van der Waals surface area (Å²) in [7, 11) is 0. The van der Waals surface area contributed by atoms with Gasteiger partial charge in [0.2, 0.25) is 6.41 Å². The molecule has 2 aromatic heterocycles. The van der Waals surface area contributed by atoms with Crippen molar-refractivity contribution in [1.82, 2.24) is 30.7 Å². The van der Waals surface area contributed by atoms with Crippen LogP contribution in [0.3, 0.4) is 0 Å². The average Bonchev–Trinajstić information content (AvgIpc) is 3.42. The third kappa shape index (κ3) is 4.70. The number of aromatic nitrogens is 5. The molecule has 0 bridgehead atoms. The summed E-state index contributed by atoms with van der Waals surface area (Å²) < 4.78 is 0. The Bertz CT molecular complexity index is 1220. The number of benzene rings is 2. The average molecular weight is 432 g/mol. The van der Waals surface area contributed by atoms with E-state index in [9.17, 15) is 4.79 Å². The van der Waals surface area contributed by atoms with Crippen LogP contribution in [0.1, 0.15) is 33.5 Å². The van der Waals surface area contributed by atoms with Crippen LogP contribution in [0.5, 0.6) is 0 Å². The summed E-state index contributed by atoms with van der Waals surface area (Å²) in [5, 5.41) is 19.2. The Hall–Kier alpha value is -3.52. The molecule has 0 unspecified atom stereocenters. The number of hydrogen-bond donors (Lipinski definition) is 3. The van der Waals surface area contributed by atoms with Gasteiger partial charge < -0.3 is 10.2 Å². The molecular weight excluding hydrogens is 402 g/mol. The van der Waals surface area contributed by atoms with Gasteiger partial charge in [0, 0.05) is 28.7 Å². The summed E-state index contributed by atoms with van der Waals surface area (Å²) in [6.45, 7) is 10.5. The maximum Gasteiger partial charge on any atom is 0.214 e. The molecule has 0 radical (unpaired) electrons. The molecule has 0 spiro atoms. The Morgan fingerprint density at radius 1 is 1.06 bits per heavy atom. The largest absolute Gasteiger partial charge is 0.314 e. The minimum absolute atomic E-state index is 0.00704. The van der Waals surface area contributed by atoms with Crippen LogP contribution in [0.25, 0.3) is 33.5 Å². The van der Waals surface area contributed by atoms with E-state index in [4.69, 9.17) is 0 Å². The molecular formula is C24H29N7O. The van der Waals surface area contributed by atoms with Gasteiger partial charge in [-0.15, -0.1) is 0 Å². The number of nitrogens with one attached hydrogen (secondary N) is 3. The van der Waals surface area contributed by atoms with Crippen molar-refractivity contribution in [3.8, 4) is 22.6 Å². The van der Waals surface area contributed by atoms with Crippen molar-refractivity contribution >= 4 is 23.0 Å². The number of hydrogen-bond acceptors (Lipinski definition) is 5. The van der Waals surface area contributed by atoms with E-state index in [2.05, 4.69) is 58.4 Å². The zero-order chi connectivity index (χ0) is 22.7. The Kier molecular flexibility index (Phi) is 6.05. The standard InChI is InChI=1S/C24H29N7O/c1-5-25-13-21-26-23(30-28-21)17-9-10-20-19(12-17)22(29-27-20)16-7-6-8-18(11-16)31(15-32)14-24(2,3)4/h6-12,15,25H,5,13-14H2,1-4H3,(H,27,29)(H,26,28,30). The van der Waals surface area contributed by atoms with E-state index >= 15 is 0 Å². The van der Waals surface area contributed by atoms with Crippen LogP contribution in [0.2, 0.25) is 0 Å². The molecule has 0 aliphatic carbocycles. The lowest BCUT2D eigenvalue weighted by Gasteiger charge is -2.27. The Morgan fingerprint density at radius 2 is 1.91 bits per heavy atom. The van der Waals surface area contributed by atoms with Gasteiger partial charge in [0.15, 0.2) is 5.82 Å². The second kappa shape index (κ2) is 8.92. The number of amides is 1. The van der Waals surface area contributed by atoms with E-state index in [0.717, 1.165) is 52.2 Å². The van der Waals surface area contributed by atoms with Crippen LogP contribution < -0.4 is 10.2 Å². The summed E-state index contributed by atoms with van der Waals surface area (Å²) in [5.41, 5.74) is 4.45. The molecule has 0 aliphatic rings. The van der Waals surface area contributed by atoms with Crippen molar-refractivity contribution in [2.75, 3.05) is 18.0 Å². The Balaban J connectivity index is 1.69. The number of fused-ring (bicyclic) bond motifs is 1. The zero-order valence-electron chi connectivity index (χ0n) is 18.9. The van der Waals surface area contributed by atoms with Gasteiger partial charge in [0.25, 0.3) is 0 Å². The van der Waals surface area contributed by atoms with Crippen molar-refractivity contribution in [3.05, 3.63) is 48.3 Å². The van der Waals surface area contributed by atoms with E-state index in [1.807, 2.05) is 42.5 Å². The first-order chi connectivity index (χ1) is 15.4. The third-order valence-electron chi connectivity index (χ3n) is 5.12. The van der Waals surface area contributed by atoms with E-state index in [-0.39, 0.29) is 5.41 Å². The SMILES string of the molecule is CCNCc1nc(-c2ccc3[nH]nc(-c4cccc(N(C=O)CC(C)(C)C)c4)c3c2)n[nH]1. The van der Waals surface area contributed by atoms with Gasteiger partial charge in [-0.25, -0.2) is 4.98 Å². The second-order valence-electron chi connectivity index (χ2n) is 9.06. The van der Waals surface area contributed by atoms with E-state index in [0.29, 0.717) is 18.9 Å². The first-order valence-electron chi connectivity index (χ1n) is 10.8. The number of carbonyl (C=O) groups is 1. The molecule has 0 aliphatic heterocycles. The molecule has 32 heavy (non-hydrogen) atoms. The van der Waals surface area contributed by atoms with Gasteiger partial charge >= 0.3 is 0 Å². The lowest BCUT2D eigenvalue weighted by molar-refractivity contribution is -0.107. The summed E-state index contributed by atoms with van der Waals surface area (Å²) in [6, 6.07) is 13.9. The van der Waals surface area contributed by atoms with Crippen LogP contribution >= 0.6 is 0 Å². The summed E-state index contributed by atoms with van der Waals surface area (Å²) in [4.78, 5) is 18.1. The molecule has 3 N–H and O–H groups in total. The van der Waals surface area contributed by atoms with Crippen molar-refractivity contribution in [3.63, 3.8) is 0 Å². The summed E-state index contributed by atoms with van der Waals surface area (Å²) in [6.07, 6.45) is 0.888. The normalized spacial score (nSPS) is 11.8. The lowest BCUT2D eigenvalue weighted by atomic mass is 9.96.